The van der Waals surface area contributed by atoms with Crippen molar-refractivity contribution in [1.82, 2.24) is 0 Å². The molecule has 0 aliphatic rings. The highest BCUT2D eigenvalue weighted by Gasteiger charge is 2.11. The maximum absolute atomic E-state index is 9.56. The molecule has 0 fully saturated rings. The monoisotopic (exact) mass is 244 g/mol. The van der Waals surface area contributed by atoms with Gasteiger partial charge in [-0.05, 0) is 25.1 Å². The highest BCUT2D eigenvalue weighted by molar-refractivity contribution is 6.30. The van der Waals surface area contributed by atoms with Crippen LogP contribution < -0.4 is 4.74 Å². The van der Waals surface area contributed by atoms with Crippen molar-refractivity contribution >= 4 is 11.6 Å². The van der Waals surface area contributed by atoms with E-state index in [9.17, 15) is 5.11 Å². The van der Waals surface area contributed by atoms with E-state index in [0.717, 1.165) is 0 Å². The summed E-state index contributed by atoms with van der Waals surface area (Å²) in [4.78, 5) is 0. The van der Waals surface area contributed by atoms with Gasteiger partial charge in [-0.25, -0.2) is 0 Å². The van der Waals surface area contributed by atoms with E-state index in [4.69, 9.17) is 21.4 Å². The number of benzene rings is 1. The molecule has 1 aromatic carbocycles. The molecule has 0 radical (unpaired) electrons. The summed E-state index contributed by atoms with van der Waals surface area (Å²) in [7, 11) is 0. The van der Waals surface area contributed by atoms with Gasteiger partial charge in [0.15, 0.2) is 0 Å². The molecule has 16 heavy (non-hydrogen) atoms. The van der Waals surface area contributed by atoms with Crippen LogP contribution in [0, 0.1) is 5.92 Å². The smallest absolute Gasteiger partial charge is 0.125 e. The Balaban J connectivity index is 2.78. The zero-order valence-electron chi connectivity index (χ0n) is 9.48. The predicted molar refractivity (Wildman–Crippen MR) is 63.8 cm³/mol. The first kappa shape index (κ1) is 13.3. The third kappa shape index (κ3) is 3.67. The largest absolute Gasteiger partial charge is 0.493 e. The summed E-state index contributed by atoms with van der Waals surface area (Å²) in [6.45, 7) is 4.04. The van der Waals surface area contributed by atoms with E-state index in [0.29, 0.717) is 22.9 Å². The molecule has 0 amide bonds. The van der Waals surface area contributed by atoms with Crippen LogP contribution in [0.4, 0.5) is 0 Å². The van der Waals surface area contributed by atoms with Gasteiger partial charge in [0.05, 0.1) is 12.7 Å². The van der Waals surface area contributed by atoms with Gasteiger partial charge in [0, 0.05) is 23.1 Å². The van der Waals surface area contributed by atoms with Crippen molar-refractivity contribution in [3.63, 3.8) is 0 Å². The molecule has 0 saturated heterocycles. The molecule has 90 valence electrons. The van der Waals surface area contributed by atoms with Crippen molar-refractivity contribution in [1.29, 1.82) is 0 Å². The molecular weight excluding hydrogens is 228 g/mol. The Bertz CT molecular complexity index is 339. The van der Waals surface area contributed by atoms with Crippen molar-refractivity contribution in [3.05, 3.63) is 28.8 Å². The Hall–Kier alpha value is -0.770. The Morgan fingerprint density at radius 3 is 2.62 bits per heavy atom. The first-order valence-electron chi connectivity index (χ1n) is 5.25. The minimum atomic E-state index is -0.627. The molecule has 0 aromatic heterocycles. The normalized spacial score (nSPS) is 14.6. The first-order chi connectivity index (χ1) is 7.54. The minimum absolute atomic E-state index is 0.0672. The molecule has 0 bridgehead atoms. The van der Waals surface area contributed by atoms with Gasteiger partial charge in [0.25, 0.3) is 0 Å². The molecule has 2 atom stereocenters. The fourth-order valence-electron chi connectivity index (χ4n) is 1.26. The summed E-state index contributed by atoms with van der Waals surface area (Å²) < 4.78 is 5.53. The fraction of sp³-hybridized carbons (Fsp3) is 0.500. The van der Waals surface area contributed by atoms with Gasteiger partial charge in [0.1, 0.15) is 5.75 Å². The second kappa shape index (κ2) is 6.09. The standard InChI is InChI=1S/C12H17ClO3/c1-8(6-14)7-16-12-4-3-10(13)5-11(12)9(2)15/h3-5,8-9,14-15H,6-7H2,1-2H3/t8?,9-/m1/s1. The van der Waals surface area contributed by atoms with Gasteiger partial charge >= 0.3 is 0 Å². The third-order valence-corrected chi connectivity index (χ3v) is 2.49. The quantitative estimate of drug-likeness (QED) is 0.836. The molecule has 0 saturated carbocycles. The fourth-order valence-corrected chi connectivity index (χ4v) is 1.44. The predicted octanol–water partition coefficient (Wildman–Crippen LogP) is 2.40. The average Bonchev–Trinajstić information content (AvgIpc) is 2.26. The number of rotatable bonds is 5. The van der Waals surface area contributed by atoms with E-state index >= 15 is 0 Å². The maximum Gasteiger partial charge on any atom is 0.125 e. The number of aliphatic hydroxyl groups is 2. The molecule has 0 heterocycles. The lowest BCUT2D eigenvalue weighted by molar-refractivity contribution is 0.163. The highest BCUT2D eigenvalue weighted by Crippen LogP contribution is 2.28. The zero-order valence-corrected chi connectivity index (χ0v) is 10.2. The number of hydrogen-bond donors (Lipinski definition) is 2. The summed E-state index contributed by atoms with van der Waals surface area (Å²) >= 11 is 5.84. The van der Waals surface area contributed by atoms with Crippen LogP contribution in [-0.4, -0.2) is 23.4 Å². The molecule has 0 spiro atoms. The van der Waals surface area contributed by atoms with Gasteiger partial charge in [-0.3, -0.25) is 0 Å². The van der Waals surface area contributed by atoms with E-state index in [1.807, 2.05) is 6.92 Å². The van der Waals surface area contributed by atoms with Crippen LogP contribution in [0.2, 0.25) is 5.02 Å². The third-order valence-electron chi connectivity index (χ3n) is 2.26. The minimum Gasteiger partial charge on any atom is -0.493 e. The number of halogens is 1. The summed E-state index contributed by atoms with van der Waals surface area (Å²) in [6.07, 6.45) is -0.627. The van der Waals surface area contributed by atoms with Crippen LogP contribution in [-0.2, 0) is 0 Å². The molecule has 1 rings (SSSR count). The topological polar surface area (TPSA) is 49.7 Å². The van der Waals surface area contributed by atoms with E-state index < -0.39 is 6.10 Å². The van der Waals surface area contributed by atoms with Crippen molar-refractivity contribution in [2.75, 3.05) is 13.2 Å². The van der Waals surface area contributed by atoms with E-state index in [1.54, 1.807) is 25.1 Å². The second-order valence-electron chi connectivity index (χ2n) is 3.96. The Kier molecular flexibility index (Phi) is 5.06. The van der Waals surface area contributed by atoms with Crippen molar-refractivity contribution < 1.29 is 14.9 Å². The van der Waals surface area contributed by atoms with Gasteiger partial charge in [0.2, 0.25) is 0 Å². The maximum atomic E-state index is 9.56. The number of ether oxygens (including phenoxy) is 1. The molecule has 0 aliphatic heterocycles. The van der Waals surface area contributed by atoms with Crippen molar-refractivity contribution in [2.45, 2.75) is 20.0 Å². The summed E-state index contributed by atoms with van der Waals surface area (Å²) in [5, 5.41) is 19.0. The average molecular weight is 245 g/mol. The molecule has 4 heteroatoms. The lowest BCUT2D eigenvalue weighted by Gasteiger charge is -2.15. The Morgan fingerprint density at radius 2 is 2.06 bits per heavy atom. The summed E-state index contributed by atoms with van der Waals surface area (Å²) in [5.74, 6) is 0.678. The van der Waals surface area contributed by atoms with Crippen molar-refractivity contribution in [3.8, 4) is 5.75 Å². The lowest BCUT2D eigenvalue weighted by atomic mass is 10.1. The van der Waals surface area contributed by atoms with Crippen molar-refractivity contribution in [2.24, 2.45) is 5.92 Å². The van der Waals surface area contributed by atoms with Crippen LogP contribution in [0.5, 0.6) is 5.75 Å². The second-order valence-corrected chi connectivity index (χ2v) is 4.39. The summed E-state index contributed by atoms with van der Waals surface area (Å²) in [5.41, 5.74) is 0.664. The molecular formula is C12H17ClO3. The van der Waals surface area contributed by atoms with E-state index in [-0.39, 0.29) is 12.5 Å². The SMILES string of the molecule is CC(CO)COc1ccc(Cl)cc1[C@@H](C)O. The Morgan fingerprint density at radius 1 is 1.38 bits per heavy atom. The van der Waals surface area contributed by atoms with E-state index in [2.05, 4.69) is 0 Å². The highest BCUT2D eigenvalue weighted by atomic mass is 35.5. The van der Waals surface area contributed by atoms with Gasteiger partial charge in [-0.15, -0.1) is 0 Å². The number of aliphatic hydroxyl groups excluding tert-OH is 2. The van der Waals surface area contributed by atoms with Gasteiger partial charge in [-0.2, -0.15) is 0 Å². The molecule has 1 aromatic rings. The Labute approximate surface area is 101 Å². The zero-order chi connectivity index (χ0) is 12.1. The molecule has 0 aliphatic carbocycles. The van der Waals surface area contributed by atoms with Crippen LogP contribution in [0.15, 0.2) is 18.2 Å². The van der Waals surface area contributed by atoms with Crippen LogP contribution in [0.1, 0.15) is 25.5 Å². The summed E-state index contributed by atoms with van der Waals surface area (Å²) in [6, 6.07) is 5.13. The molecule has 2 N–H and O–H groups in total. The van der Waals surface area contributed by atoms with Gasteiger partial charge in [-0.1, -0.05) is 18.5 Å². The van der Waals surface area contributed by atoms with Crippen LogP contribution in [0.25, 0.3) is 0 Å². The lowest BCUT2D eigenvalue weighted by Crippen LogP contribution is -2.13. The van der Waals surface area contributed by atoms with Crippen LogP contribution >= 0.6 is 11.6 Å². The molecule has 3 nitrogen and oxygen atoms in total. The first-order valence-corrected chi connectivity index (χ1v) is 5.63. The van der Waals surface area contributed by atoms with Crippen LogP contribution in [0.3, 0.4) is 0 Å². The number of hydrogen-bond acceptors (Lipinski definition) is 3. The molecule has 1 unspecified atom stereocenters. The van der Waals surface area contributed by atoms with Gasteiger partial charge < -0.3 is 14.9 Å². The van der Waals surface area contributed by atoms with E-state index in [1.165, 1.54) is 0 Å².